The van der Waals surface area contributed by atoms with Crippen LogP contribution in [0.15, 0.2) is 65.6 Å². The van der Waals surface area contributed by atoms with Crippen LogP contribution in [-0.4, -0.2) is 11.7 Å². The highest BCUT2D eigenvalue weighted by Gasteiger charge is 2.05. The highest BCUT2D eigenvalue weighted by atomic mass is 32.2. The van der Waals surface area contributed by atoms with Gasteiger partial charge < -0.3 is 5.32 Å². The number of aryl methyl sites for hydroxylation is 2. The van der Waals surface area contributed by atoms with E-state index in [0.29, 0.717) is 5.75 Å². The average molecular weight is 321 g/mol. The Morgan fingerprint density at radius 1 is 0.913 bits per heavy atom. The minimum absolute atomic E-state index is 0.0214. The van der Waals surface area contributed by atoms with Crippen molar-refractivity contribution in [3.05, 3.63) is 71.8 Å². The van der Waals surface area contributed by atoms with Crippen LogP contribution in [-0.2, 0) is 4.79 Å². The number of carbonyl (C=O) groups is 1. The van der Waals surface area contributed by atoms with Crippen LogP contribution < -0.4 is 5.32 Å². The van der Waals surface area contributed by atoms with Gasteiger partial charge in [-0.2, -0.15) is 0 Å². The van der Waals surface area contributed by atoms with E-state index in [1.54, 1.807) is 11.8 Å². The topological polar surface area (TPSA) is 29.1 Å². The molecule has 0 aliphatic carbocycles. The van der Waals surface area contributed by atoms with Crippen LogP contribution in [0.4, 0.5) is 5.69 Å². The third-order valence-corrected chi connectivity index (χ3v) is 4.59. The first kappa shape index (κ1) is 15.6. The standard InChI is InChI=1S/C20H19NOS/c1-14-9-15(2)11-18(10-14)21-20(22)13-23-19-8-7-16-5-3-4-6-17(16)12-19/h3-12H,13H2,1-2H3,(H,21,22). The Bertz CT molecular complexity index is 837. The first-order chi connectivity index (χ1) is 11.1. The molecule has 0 saturated heterocycles. The lowest BCUT2D eigenvalue weighted by Crippen LogP contribution is -2.14. The number of anilines is 1. The van der Waals surface area contributed by atoms with E-state index in [2.05, 4.69) is 41.7 Å². The fourth-order valence-corrected chi connectivity index (χ4v) is 3.39. The van der Waals surface area contributed by atoms with Crippen LogP contribution >= 0.6 is 11.8 Å². The molecular formula is C20H19NOS. The maximum atomic E-state index is 12.1. The molecule has 0 aromatic heterocycles. The molecule has 1 N–H and O–H groups in total. The normalized spacial score (nSPS) is 10.7. The number of hydrogen-bond acceptors (Lipinski definition) is 2. The largest absolute Gasteiger partial charge is 0.325 e. The third-order valence-electron chi connectivity index (χ3n) is 3.60. The highest BCUT2D eigenvalue weighted by Crippen LogP contribution is 2.24. The Kier molecular flexibility index (Phi) is 4.68. The number of rotatable bonds is 4. The summed E-state index contributed by atoms with van der Waals surface area (Å²) in [5.74, 6) is 0.430. The van der Waals surface area contributed by atoms with Crippen molar-refractivity contribution < 1.29 is 4.79 Å². The van der Waals surface area contributed by atoms with Crippen molar-refractivity contribution in [3.63, 3.8) is 0 Å². The second-order valence-corrected chi connectivity index (χ2v) is 6.77. The molecule has 3 aromatic carbocycles. The number of benzene rings is 3. The summed E-state index contributed by atoms with van der Waals surface area (Å²) in [5.41, 5.74) is 3.18. The Labute approximate surface area is 140 Å². The van der Waals surface area contributed by atoms with E-state index >= 15 is 0 Å². The molecule has 1 amide bonds. The number of hydrogen-bond donors (Lipinski definition) is 1. The lowest BCUT2D eigenvalue weighted by atomic mass is 10.1. The number of nitrogens with one attached hydrogen (secondary N) is 1. The lowest BCUT2D eigenvalue weighted by molar-refractivity contribution is -0.113. The van der Waals surface area contributed by atoms with Gasteiger partial charge in [0.1, 0.15) is 0 Å². The molecule has 0 aliphatic rings. The monoisotopic (exact) mass is 321 g/mol. The van der Waals surface area contributed by atoms with Gasteiger partial charge in [0.25, 0.3) is 0 Å². The van der Waals surface area contributed by atoms with E-state index in [9.17, 15) is 4.79 Å². The fraction of sp³-hybridized carbons (Fsp3) is 0.150. The van der Waals surface area contributed by atoms with Gasteiger partial charge in [0.05, 0.1) is 5.75 Å². The molecule has 116 valence electrons. The summed E-state index contributed by atoms with van der Waals surface area (Å²) < 4.78 is 0. The van der Waals surface area contributed by atoms with Crippen LogP contribution in [0.1, 0.15) is 11.1 Å². The van der Waals surface area contributed by atoms with Gasteiger partial charge >= 0.3 is 0 Å². The van der Waals surface area contributed by atoms with Crippen molar-refractivity contribution in [2.75, 3.05) is 11.1 Å². The van der Waals surface area contributed by atoms with Crippen molar-refractivity contribution in [1.82, 2.24) is 0 Å². The van der Waals surface area contributed by atoms with Crippen molar-refractivity contribution in [2.45, 2.75) is 18.7 Å². The van der Waals surface area contributed by atoms with Gasteiger partial charge in [-0.15, -0.1) is 11.8 Å². The van der Waals surface area contributed by atoms with Crippen LogP contribution in [0.2, 0.25) is 0 Å². The zero-order valence-electron chi connectivity index (χ0n) is 13.3. The quantitative estimate of drug-likeness (QED) is 0.670. The molecule has 0 bridgehead atoms. The Balaban J connectivity index is 1.63. The van der Waals surface area contributed by atoms with E-state index in [4.69, 9.17) is 0 Å². The van der Waals surface area contributed by atoms with Crippen molar-refractivity contribution in [1.29, 1.82) is 0 Å². The molecule has 0 saturated carbocycles. The smallest absolute Gasteiger partial charge is 0.234 e. The maximum Gasteiger partial charge on any atom is 0.234 e. The van der Waals surface area contributed by atoms with E-state index in [0.717, 1.165) is 21.7 Å². The maximum absolute atomic E-state index is 12.1. The summed E-state index contributed by atoms with van der Waals surface area (Å²) in [6, 6.07) is 20.6. The molecule has 0 fully saturated rings. The summed E-state index contributed by atoms with van der Waals surface area (Å²) in [7, 11) is 0. The lowest BCUT2D eigenvalue weighted by Gasteiger charge is -2.08. The van der Waals surface area contributed by atoms with Crippen LogP contribution in [0.3, 0.4) is 0 Å². The number of amides is 1. The highest BCUT2D eigenvalue weighted by molar-refractivity contribution is 8.00. The third kappa shape index (κ3) is 4.14. The zero-order chi connectivity index (χ0) is 16.2. The van der Waals surface area contributed by atoms with Gasteiger partial charge in [-0.25, -0.2) is 0 Å². The SMILES string of the molecule is Cc1cc(C)cc(NC(=O)CSc2ccc3ccccc3c2)c1. The molecule has 3 heteroatoms. The first-order valence-corrected chi connectivity index (χ1v) is 8.58. The Morgan fingerprint density at radius 2 is 1.61 bits per heavy atom. The predicted octanol–water partition coefficient (Wildman–Crippen LogP) is 5.19. The summed E-state index contributed by atoms with van der Waals surface area (Å²) in [5, 5.41) is 5.39. The molecule has 0 radical (unpaired) electrons. The van der Waals surface area contributed by atoms with Gasteiger partial charge in [0.2, 0.25) is 5.91 Å². The van der Waals surface area contributed by atoms with Crippen molar-refractivity contribution in [2.24, 2.45) is 0 Å². The van der Waals surface area contributed by atoms with E-state index in [1.807, 2.05) is 38.1 Å². The molecule has 23 heavy (non-hydrogen) atoms. The summed E-state index contributed by atoms with van der Waals surface area (Å²) in [6.07, 6.45) is 0. The van der Waals surface area contributed by atoms with Gasteiger partial charge in [-0.05, 0) is 60.0 Å². The minimum atomic E-state index is 0.0214. The molecule has 0 spiro atoms. The van der Waals surface area contributed by atoms with E-state index in [-0.39, 0.29) is 5.91 Å². The van der Waals surface area contributed by atoms with Crippen LogP contribution in [0.5, 0.6) is 0 Å². The summed E-state index contributed by atoms with van der Waals surface area (Å²) in [4.78, 5) is 13.3. The second-order valence-electron chi connectivity index (χ2n) is 5.72. The van der Waals surface area contributed by atoms with Gasteiger partial charge in [-0.1, -0.05) is 36.4 Å². The van der Waals surface area contributed by atoms with Crippen LogP contribution in [0.25, 0.3) is 10.8 Å². The molecule has 2 nitrogen and oxygen atoms in total. The van der Waals surface area contributed by atoms with Gasteiger partial charge in [0.15, 0.2) is 0 Å². The fourth-order valence-electron chi connectivity index (χ4n) is 2.65. The van der Waals surface area contributed by atoms with E-state index < -0.39 is 0 Å². The molecule has 3 rings (SSSR count). The number of thioether (sulfide) groups is 1. The molecule has 0 heterocycles. The number of fused-ring (bicyclic) bond motifs is 1. The Morgan fingerprint density at radius 3 is 2.35 bits per heavy atom. The molecular weight excluding hydrogens is 302 g/mol. The second kappa shape index (κ2) is 6.88. The average Bonchev–Trinajstić information content (AvgIpc) is 2.52. The number of carbonyl (C=O) groups excluding carboxylic acids is 1. The Hall–Kier alpha value is -2.26. The molecule has 0 atom stereocenters. The minimum Gasteiger partial charge on any atom is -0.325 e. The van der Waals surface area contributed by atoms with Crippen molar-refractivity contribution in [3.8, 4) is 0 Å². The molecule has 0 aliphatic heterocycles. The molecule has 0 unspecified atom stereocenters. The zero-order valence-corrected chi connectivity index (χ0v) is 14.1. The van der Waals surface area contributed by atoms with Gasteiger partial charge in [0, 0.05) is 10.6 Å². The predicted molar refractivity (Wildman–Crippen MR) is 99.2 cm³/mol. The summed E-state index contributed by atoms with van der Waals surface area (Å²) >= 11 is 1.56. The molecule has 3 aromatic rings. The van der Waals surface area contributed by atoms with Crippen LogP contribution in [0, 0.1) is 13.8 Å². The van der Waals surface area contributed by atoms with Crippen molar-refractivity contribution >= 4 is 34.1 Å². The van der Waals surface area contributed by atoms with Gasteiger partial charge in [-0.3, -0.25) is 4.79 Å². The summed E-state index contributed by atoms with van der Waals surface area (Å²) in [6.45, 7) is 4.07. The first-order valence-electron chi connectivity index (χ1n) is 7.60. The van der Waals surface area contributed by atoms with E-state index in [1.165, 1.54) is 10.8 Å².